The van der Waals surface area contributed by atoms with Gasteiger partial charge in [-0.2, -0.15) is 0 Å². The second-order valence-corrected chi connectivity index (χ2v) is 3.45. The molecule has 0 aromatic heterocycles. The van der Waals surface area contributed by atoms with Crippen molar-refractivity contribution in [3.8, 4) is 0 Å². The van der Waals surface area contributed by atoms with Crippen molar-refractivity contribution in [1.29, 1.82) is 0 Å². The summed E-state index contributed by atoms with van der Waals surface area (Å²) >= 11 is 0. The maximum absolute atomic E-state index is 8.06. The molecule has 0 saturated heterocycles. The molecule has 1 atom stereocenters. The van der Waals surface area contributed by atoms with Crippen molar-refractivity contribution in [2.75, 3.05) is 0 Å². The Morgan fingerprint density at radius 3 is 2.00 bits per heavy atom. The van der Waals surface area contributed by atoms with Crippen LogP contribution >= 0.6 is 0 Å². The lowest BCUT2D eigenvalue weighted by Gasteiger charge is -2.00. The Kier molecular flexibility index (Phi) is 12.7. The van der Waals surface area contributed by atoms with E-state index in [2.05, 4.69) is 20.4 Å². The highest BCUT2D eigenvalue weighted by Gasteiger charge is 1.91. The van der Waals surface area contributed by atoms with E-state index in [0.717, 1.165) is 5.92 Å². The summed E-state index contributed by atoms with van der Waals surface area (Å²) < 4.78 is 0. The summed E-state index contributed by atoms with van der Waals surface area (Å²) in [5, 5.41) is 8.06. The van der Waals surface area contributed by atoms with Gasteiger partial charge in [-0.3, -0.25) is 0 Å². The topological polar surface area (TPSA) is 20.2 Å². The highest BCUT2D eigenvalue weighted by molar-refractivity contribution is 4.73. The van der Waals surface area contributed by atoms with Crippen molar-refractivity contribution in [1.82, 2.24) is 0 Å². The van der Waals surface area contributed by atoms with Gasteiger partial charge in [0.1, 0.15) is 0 Å². The first-order valence-corrected chi connectivity index (χ1v) is 4.85. The molecule has 1 nitrogen and oxygen atoms in total. The minimum atomic E-state index is -0.167. The zero-order chi connectivity index (χ0) is 9.98. The first kappa shape index (κ1) is 14.2. The molecule has 0 radical (unpaired) electrons. The van der Waals surface area contributed by atoms with E-state index < -0.39 is 0 Å². The van der Waals surface area contributed by atoms with Crippen LogP contribution in [0.2, 0.25) is 0 Å². The standard InChI is InChI=1S/C8H16.C3H8O/c1-4-6-7-8(3)5-2;1-3(2)4/h5,8H,2,4,6-7H2,1,3H3;3-4H,1-2H3. The number of hydrogen-bond donors (Lipinski definition) is 1. The van der Waals surface area contributed by atoms with Gasteiger partial charge >= 0.3 is 0 Å². The van der Waals surface area contributed by atoms with E-state index in [4.69, 9.17) is 5.11 Å². The minimum Gasteiger partial charge on any atom is -0.394 e. The first-order valence-electron chi connectivity index (χ1n) is 4.85. The minimum absolute atomic E-state index is 0.167. The third-order valence-electron chi connectivity index (χ3n) is 1.42. The number of aliphatic hydroxyl groups excluding tert-OH is 1. The molecule has 1 N–H and O–H groups in total. The van der Waals surface area contributed by atoms with Crippen LogP contribution in [0.25, 0.3) is 0 Å². The predicted molar refractivity (Wildman–Crippen MR) is 56.2 cm³/mol. The average molecular weight is 172 g/mol. The van der Waals surface area contributed by atoms with Crippen molar-refractivity contribution >= 4 is 0 Å². The fourth-order valence-corrected chi connectivity index (χ4v) is 0.644. The second kappa shape index (κ2) is 10.7. The Balaban J connectivity index is 0. The Morgan fingerprint density at radius 1 is 1.33 bits per heavy atom. The molecule has 0 aromatic rings. The monoisotopic (exact) mass is 172 g/mol. The molecular formula is C11H24O. The van der Waals surface area contributed by atoms with Crippen LogP contribution in [0.5, 0.6) is 0 Å². The fourth-order valence-electron chi connectivity index (χ4n) is 0.644. The average Bonchev–Trinajstić information content (AvgIpc) is 1.99. The summed E-state index contributed by atoms with van der Waals surface area (Å²) in [5.74, 6) is 0.718. The molecule has 0 saturated carbocycles. The molecule has 0 rings (SSSR count). The molecule has 74 valence electrons. The Morgan fingerprint density at radius 2 is 1.75 bits per heavy atom. The molecule has 1 heteroatoms. The summed E-state index contributed by atoms with van der Waals surface area (Å²) in [6.07, 6.45) is 5.81. The molecule has 0 fully saturated rings. The number of aliphatic hydroxyl groups is 1. The van der Waals surface area contributed by atoms with Crippen LogP contribution in [-0.4, -0.2) is 11.2 Å². The normalized spacial score (nSPS) is 11.8. The summed E-state index contributed by atoms with van der Waals surface area (Å²) in [4.78, 5) is 0. The lowest BCUT2D eigenvalue weighted by Crippen LogP contribution is -1.86. The van der Waals surface area contributed by atoms with E-state index in [1.165, 1.54) is 19.3 Å². The number of rotatable bonds is 4. The highest BCUT2D eigenvalue weighted by atomic mass is 16.3. The van der Waals surface area contributed by atoms with Gasteiger partial charge in [-0.1, -0.05) is 32.8 Å². The van der Waals surface area contributed by atoms with Crippen LogP contribution in [0.3, 0.4) is 0 Å². The van der Waals surface area contributed by atoms with Crippen LogP contribution in [0.15, 0.2) is 12.7 Å². The molecule has 12 heavy (non-hydrogen) atoms. The summed E-state index contributed by atoms with van der Waals surface area (Å²) in [5.41, 5.74) is 0. The first-order chi connectivity index (χ1) is 5.54. The lowest BCUT2D eigenvalue weighted by atomic mass is 10.1. The quantitative estimate of drug-likeness (QED) is 0.644. The zero-order valence-electron chi connectivity index (χ0n) is 9.01. The molecule has 0 aliphatic rings. The van der Waals surface area contributed by atoms with Crippen LogP contribution in [-0.2, 0) is 0 Å². The molecule has 0 aliphatic carbocycles. The Hall–Kier alpha value is -0.300. The lowest BCUT2D eigenvalue weighted by molar-refractivity contribution is 0.216. The SMILES string of the molecule is C=CC(C)CCCC.CC(C)O. The van der Waals surface area contributed by atoms with Gasteiger partial charge in [-0.15, -0.1) is 6.58 Å². The molecule has 1 unspecified atom stereocenters. The molecular weight excluding hydrogens is 148 g/mol. The Labute approximate surface area is 77.5 Å². The smallest absolute Gasteiger partial charge is 0.0483 e. The third-order valence-corrected chi connectivity index (χ3v) is 1.42. The number of hydrogen-bond acceptors (Lipinski definition) is 1. The van der Waals surface area contributed by atoms with E-state index in [1.807, 2.05) is 6.08 Å². The summed E-state index contributed by atoms with van der Waals surface area (Å²) in [6.45, 7) is 11.6. The van der Waals surface area contributed by atoms with E-state index in [-0.39, 0.29) is 6.10 Å². The number of unbranched alkanes of at least 4 members (excludes halogenated alkanes) is 1. The second-order valence-electron chi connectivity index (χ2n) is 3.45. The van der Waals surface area contributed by atoms with Crippen LogP contribution in [0.1, 0.15) is 47.0 Å². The molecule has 0 heterocycles. The maximum atomic E-state index is 8.06. The maximum Gasteiger partial charge on any atom is 0.0483 e. The van der Waals surface area contributed by atoms with Gasteiger partial charge in [-0.05, 0) is 26.2 Å². The summed E-state index contributed by atoms with van der Waals surface area (Å²) in [7, 11) is 0. The Bertz CT molecular complexity index is 84.3. The predicted octanol–water partition coefficient (Wildman–Crippen LogP) is 3.39. The highest BCUT2D eigenvalue weighted by Crippen LogP contribution is 2.06. The zero-order valence-corrected chi connectivity index (χ0v) is 9.01. The fraction of sp³-hybridized carbons (Fsp3) is 0.818. The molecule has 0 bridgehead atoms. The van der Waals surface area contributed by atoms with Gasteiger partial charge in [-0.25, -0.2) is 0 Å². The van der Waals surface area contributed by atoms with Crippen molar-refractivity contribution in [3.63, 3.8) is 0 Å². The molecule has 0 aromatic carbocycles. The van der Waals surface area contributed by atoms with E-state index >= 15 is 0 Å². The van der Waals surface area contributed by atoms with Gasteiger partial charge in [0, 0.05) is 6.10 Å². The van der Waals surface area contributed by atoms with Crippen molar-refractivity contribution in [3.05, 3.63) is 12.7 Å². The van der Waals surface area contributed by atoms with Gasteiger partial charge in [0.05, 0.1) is 0 Å². The van der Waals surface area contributed by atoms with Gasteiger partial charge < -0.3 is 5.11 Å². The van der Waals surface area contributed by atoms with E-state index in [1.54, 1.807) is 13.8 Å². The van der Waals surface area contributed by atoms with Crippen molar-refractivity contribution < 1.29 is 5.11 Å². The molecule has 0 aliphatic heterocycles. The number of allylic oxidation sites excluding steroid dienone is 1. The van der Waals surface area contributed by atoms with Crippen molar-refractivity contribution in [2.45, 2.75) is 53.1 Å². The van der Waals surface area contributed by atoms with Gasteiger partial charge in [0.2, 0.25) is 0 Å². The van der Waals surface area contributed by atoms with Crippen LogP contribution in [0.4, 0.5) is 0 Å². The molecule has 0 amide bonds. The van der Waals surface area contributed by atoms with E-state index in [9.17, 15) is 0 Å². The van der Waals surface area contributed by atoms with Gasteiger partial charge in [0.15, 0.2) is 0 Å². The third kappa shape index (κ3) is 22.6. The molecule has 0 spiro atoms. The van der Waals surface area contributed by atoms with E-state index in [0.29, 0.717) is 0 Å². The summed E-state index contributed by atoms with van der Waals surface area (Å²) in [6, 6.07) is 0. The largest absolute Gasteiger partial charge is 0.394 e. The van der Waals surface area contributed by atoms with Crippen LogP contribution in [0, 0.1) is 5.92 Å². The van der Waals surface area contributed by atoms with Crippen molar-refractivity contribution in [2.24, 2.45) is 5.92 Å². The van der Waals surface area contributed by atoms with Gasteiger partial charge in [0.25, 0.3) is 0 Å². The van der Waals surface area contributed by atoms with Crippen LogP contribution < -0.4 is 0 Å².